The molecular weight excluding hydrogens is 193 g/mol. The van der Waals surface area contributed by atoms with Crippen molar-refractivity contribution in [3.63, 3.8) is 0 Å². The van der Waals surface area contributed by atoms with Gasteiger partial charge >= 0.3 is 0 Å². The predicted molar refractivity (Wildman–Crippen MR) is 50.0 cm³/mol. The molecule has 0 saturated heterocycles. The fourth-order valence-corrected chi connectivity index (χ4v) is 1.20. The molecule has 1 rings (SSSR count). The van der Waals surface area contributed by atoms with E-state index in [-0.39, 0.29) is 12.2 Å². The second-order valence-electron chi connectivity index (χ2n) is 3.20. The molecule has 4 heteroatoms. The number of nitrogens with two attached hydrogens (primary N) is 1. The van der Waals surface area contributed by atoms with Crippen LogP contribution in [-0.4, -0.2) is 11.7 Å². The van der Waals surface area contributed by atoms with E-state index >= 15 is 0 Å². The Hall–Kier alpha value is -0.640. The van der Waals surface area contributed by atoms with Crippen molar-refractivity contribution in [3.8, 4) is 0 Å². The zero-order valence-electron chi connectivity index (χ0n) is 7.22. The summed E-state index contributed by atoms with van der Waals surface area (Å²) in [6.45, 7) is 1.24. The Morgan fingerprint density at radius 2 is 2.23 bits per heavy atom. The Morgan fingerprint density at radius 1 is 1.62 bits per heavy atom. The largest absolute Gasteiger partial charge is 0.394 e. The molecule has 1 aromatic carbocycles. The molecule has 0 bridgehead atoms. The van der Waals surface area contributed by atoms with Gasteiger partial charge in [0.2, 0.25) is 0 Å². The second-order valence-corrected chi connectivity index (χ2v) is 3.64. The lowest BCUT2D eigenvalue weighted by Gasteiger charge is -2.22. The van der Waals surface area contributed by atoms with Gasteiger partial charge in [0.05, 0.1) is 12.1 Å². The summed E-state index contributed by atoms with van der Waals surface area (Å²) in [6, 6.07) is 4.20. The monoisotopic (exact) mass is 203 g/mol. The summed E-state index contributed by atoms with van der Waals surface area (Å²) >= 11 is 5.57. The highest BCUT2D eigenvalue weighted by atomic mass is 35.5. The Kier molecular flexibility index (Phi) is 2.91. The number of aliphatic hydroxyl groups excluding tert-OH is 1. The average Bonchev–Trinajstić information content (AvgIpc) is 2.03. The van der Waals surface area contributed by atoms with Crippen LogP contribution in [0.1, 0.15) is 12.5 Å². The maximum absolute atomic E-state index is 13.3. The van der Waals surface area contributed by atoms with Gasteiger partial charge in [0, 0.05) is 10.6 Å². The van der Waals surface area contributed by atoms with E-state index < -0.39 is 11.4 Å². The molecule has 0 aliphatic rings. The summed E-state index contributed by atoms with van der Waals surface area (Å²) in [4.78, 5) is 0. The van der Waals surface area contributed by atoms with Crippen LogP contribution in [0.5, 0.6) is 0 Å². The van der Waals surface area contributed by atoms with E-state index in [2.05, 4.69) is 0 Å². The van der Waals surface area contributed by atoms with Crippen molar-refractivity contribution in [2.75, 3.05) is 6.61 Å². The van der Waals surface area contributed by atoms with E-state index in [1.54, 1.807) is 13.0 Å². The van der Waals surface area contributed by atoms with Gasteiger partial charge in [-0.25, -0.2) is 4.39 Å². The van der Waals surface area contributed by atoms with Crippen molar-refractivity contribution in [1.82, 2.24) is 0 Å². The first-order valence-corrected chi connectivity index (χ1v) is 4.20. The van der Waals surface area contributed by atoms with Crippen LogP contribution in [0.25, 0.3) is 0 Å². The van der Waals surface area contributed by atoms with Crippen molar-refractivity contribution < 1.29 is 9.50 Å². The van der Waals surface area contributed by atoms with Crippen LogP contribution in [0, 0.1) is 5.82 Å². The van der Waals surface area contributed by atoms with Gasteiger partial charge in [-0.05, 0) is 19.1 Å². The molecule has 0 aliphatic heterocycles. The second kappa shape index (κ2) is 3.62. The van der Waals surface area contributed by atoms with Gasteiger partial charge < -0.3 is 10.8 Å². The number of aliphatic hydroxyl groups is 1. The summed E-state index contributed by atoms with van der Waals surface area (Å²) in [7, 11) is 0. The first-order chi connectivity index (χ1) is 5.97. The molecular formula is C9H11ClFNO. The fourth-order valence-electron chi connectivity index (χ4n) is 1.04. The third kappa shape index (κ3) is 2.18. The molecule has 1 aromatic rings. The number of halogens is 2. The highest BCUT2D eigenvalue weighted by Gasteiger charge is 2.23. The van der Waals surface area contributed by atoms with E-state index in [4.69, 9.17) is 22.4 Å². The van der Waals surface area contributed by atoms with Crippen molar-refractivity contribution in [1.29, 1.82) is 0 Å². The summed E-state index contributed by atoms with van der Waals surface area (Å²) < 4.78 is 13.3. The molecule has 0 saturated carbocycles. The van der Waals surface area contributed by atoms with Crippen molar-refractivity contribution >= 4 is 11.6 Å². The Balaban J connectivity index is 3.16. The van der Waals surface area contributed by atoms with Crippen LogP contribution in [0.2, 0.25) is 5.02 Å². The van der Waals surface area contributed by atoms with Crippen molar-refractivity contribution in [2.24, 2.45) is 5.73 Å². The van der Waals surface area contributed by atoms with E-state index in [1.165, 1.54) is 12.1 Å². The normalized spacial score (nSPS) is 15.5. The Morgan fingerprint density at radius 3 is 2.69 bits per heavy atom. The fraction of sp³-hybridized carbons (Fsp3) is 0.333. The average molecular weight is 204 g/mol. The first kappa shape index (κ1) is 10.4. The van der Waals surface area contributed by atoms with Crippen LogP contribution in [-0.2, 0) is 5.54 Å². The number of benzene rings is 1. The topological polar surface area (TPSA) is 46.2 Å². The predicted octanol–water partition coefficient (Wildman–Crippen LogP) is 1.65. The van der Waals surface area contributed by atoms with E-state index in [0.29, 0.717) is 5.02 Å². The number of rotatable bonds is 2. The van der Waals surface area contributed by atoms with E-state index in [9.17, 15) is 4.39 Å². The molecule has 0 heterocycles. The van der Waals surface area contributed by atoms with E-state index in [1.807, 2.05) is 0 Å². The lowest BCUT2D eigenvalue weighted by atomic mass is 9.94. The molecule has 1 unspecified atom stereocenters. The SMILES string of the molecule is CC(N)(CO)c1ccc(Cl)cc1F. The first-order valence-electron chi connectivity index (χ1n) is 3.82. The lowest BCUT2D eigenvalue weighted by molar-refractivity contribution is 0.206. The van der Waals surface area contributed by atoms with Crippen LogP contribution in [0.15, 0.2) is 18.2 Å². The maximum Gasteiger partial charge on any atom is 0.129 e. The molecule has 1 atom stereocenters. The number of hydrogen-bond acceptors (Lipinski definition) is 2. The molecule has 0 fully saturated rings. The highest BCUT2D eigenvalue weighted by Crippen LogP contribution is 2.23. The molecule has 0 aromatic heterocycles. The highest BCUT2D eigenvalue weighted by molar-refractivity contribution is 6.30. The Labute approximate surface area is 81.1 Å². The summed E-state index contributed by atoms with van der Waals surface area (Å²) in [5.41, 5.74) is 4.86. The summed E-state index contributed by atoms with van der Waals surface area (Å²) in [6.07, 6.45) is 0. The van der Waals surface area contributed by atoms with Gasteiger partial charge in [-0.1, -0.05) is 17.7 Å². The third-order valence-electron chi connectivity index (χ3n) is 1.87. The molecule has 0 aliphatic carbocycles. The molecule has 3 N–H and O–H groups in total. The Bertz CT molecular complexity index is 314. The van der Waals surface area contributed by atoms with Gasteiger partial charge in [-0.15, -0.1) is 0 Å². The minimum Gasteiger partial charge on any atom is -0.394 e. The van der Waals surface area contributed by atoms with Crippen LogP contribution >= 0.6 is 11.6 Å². The molecule has 13 heavy (non-hydrogen) atoms. The quantitative estimate of drug-likeness (QED) is 0.768. The smallest absolute Gasteiger partial charge is 0.129 e. The van der Waals surface area contributed by atoms with Gasteiger partial charge in [-0.2, -0.15) is 0 Å². The van der Waals surface area contributed by atoms with Crippen LogP contribution in [0.3, 0.4) is 0 Å². The van der Waals surface area contributed by atoms with Crippen LogP contribution < -0.4 is 5.73 Å². The lowest BCUT2D eigenvalue weighted by Crippen LogP contribution is -2.37. The van der Waals surface area contributed by atoms with Crippen LogP contribution in [0.4, 0.5) is 4.39 Å². The van der Waals surface area contributed by atoms with Gasteiger partial charge in [0.15, 0.2) is 0 Å². The molecule has 0 amide bonds. The minimum absolute atomic E-state index is 0.263. The minimum atomic E-state index is -1.06. The molecule has 0 spiro atoms. The number of hydrogen-bond donors (Lipinski definition) is 2. The standard InChI is InChI=1S/C9H11ClFNO/c1-9(12,5-13)7-3-2-6(10)4-8(7)11/h2-4,13H,5,12H2,1H3. The maximum atomic E-state index is 13.3. The molecule has 0 radical (unpaired) electrons. The summed E-state index contributed by atoms with van der Waals surface area (Å²) in [5, 5.41) is 9.23. The summed E-state index contributed by atoms with van der Waals surface area (Å²) in [5.74, 6) is -0.494. The van der Waals surface area contributed by atoms with Crippen molar-refractivity contribution in [3.05, 3.63) is 34.6 Å². The van der Waals surface area contributed by atoms with Gasteiger partial charge in [0.25, 0.3) is 0 Å². The van der Waals surface area contributed by atoms with Gasteiger partial charge in [0.1, 0.15) is 5.82 Å². The van der Waals surface area contributed by atoms with E-state index in [0.717, 1.165) is 0 Å². The van der Waals surface area contributed by atoms with Crippen molar-refractivity contribution in [2.45, 2.75) is 12.5 Å². The molecule has 72 valence electrons. The zero-order chi connectivity index (χ0) is 10.1. The zero-order valence-corrected chi connectivity index (χ0v) is 7.98. The molecule has 2 nitrogen and oxygen atoms in total. The third-order valence-corrected chi connectivity index (χ3v) is 2.11. The van der Waals surface area contributed by atoms with Gasteiger partial charge in [-0.3, -0.25) is 0 Å².